The van der Waals surface area contributed by atoms with E-state index in [-0.39, 0.29) is 56.5 Å². The largest absolute Gasteiger partial charge is 0.450 e. The molecule has 0 spiro atoms. The van der Waals surface area contributed by atoms with E-state index in [2.05, 4.69) is 64.9 Å². The Morgan fingerprint density at radius 2 is 0.969 bits per heavy atom. The van der Waals surface area contributed by atoms with Gasteiger partial charge in [0.25, 0.3) is 0 Å². The van der Waals surface area contributed by atoms with Crippen LogP contribution in [0.25, 0.3) is 0 Å². The van der Waals surface area contributed by atoms with Crippen molar-refractivity contribution in [1.82, 2.24) is 51.9 Å². The number of aliphatic hydroxyl groups excluding tert-OH is 1. The smallest absolute Gasteiger partial charge is 0.408 e. The van der Waals surface area contributed by atoms with Gasteiger partial charge in [-0.15, -0.1) is 0 Å². The molecule has 19 nitrogen and oxygen atoms in total. The number of amides is 1. The molecule has 13 atom stereocenters. The molecule has 5 aliphatic rings. The average Bonchev–Trinajstić information content (AvgIpc) is 3.28. The van der Waals surface area contributed by atoms with Crippen LogP contribution in [-0.2, 0) is 33.2 Å². The second-order valence-electron chi connectivity index (χ2n) is 20.0. The fraction of sp³-hybridized carbons (Fsp3) is 0.978. The number of nitrogens with zero attached hydrogens (tertiary/aromatic N) is 3. The van der Waals surface area contributed by atoms with Crippen LogP contribution >= 0.6 is 0 Å². The molecule has 5 fully saturated rings. The maximum absolute atomic E-state index is 12.8. The number of carbonyl (C=O) groups excluding carboxylic acids is 1. The number of unbranched alkanes of at least 4 members (excludes halogenated alkanes) is 3. The highest BCUT2D eigenvalue weighted by Gasteiger charge is 2.45. The SMILES string of the molecule is COCN(CNC(=O)OCCCCCCOC1CCC(C2NC(C3CCC(C)CC3C)NC(C3CCC(C)CC3C)N2)C(O)C1)C1NC(N(COC)COC)NC(N(COC)COC)N1. The first-order valence-corrected chi connectivity index (χ1v) is 24.9. The Kier molecular flexibility index (Phi) is 24.3. The lowest BCUT2D eigenvalue weighted by Crippen LogP contribution is -2.79. The number of carbonyl (C=O) groups is 1. The second-order valence-corrected chi connectivity index (χ2v) is 20.0. The molecule has 65 heavy (non-hydrogen) atoms. The van der Waals surface area contributed by atoms with Crippen LogP contribution in [0.15, 0.2) is 0 Å². The van der Waals surface area contributed by atoms with E-state index in [1.54, 1.807) is 35.5 Å². The lowest BCUT2D eigenvalue weighted by Gasteiger charge is -2.52. The number of hydrogen-bond donors (Lipinski definition) is 8. The van der Waals surface area contributed by atoms with E-state index in [0.29, 0.717) is 70.2 Å². The predicted molar refractivity (Wildman–Crippen MR) is 249 cm³/mol. The van der Waals surface area contributed by atoms with Crippen molar-refractivity contribution in [3.8, 4) is 0 Å². The number of hydrogen-bond acceptors (Lipinski definition) is 18. The van der Waals surface area contributed by atoms with Gasteiger partial charge in [0.2, 0.25) is 0 Å². The van der Waals surface area contributed by atoms with Crippen LogP contribution in [0.3, 0.4) is 0 Å². The average molecular weight is 929 g/mol. The molecule has 3 saturated carbocycles. The quantitative estimate of drug-likeness (QED) is 0.0465. The predicted octanol–water partition coefficient (Wildman–Crippen LogP) is 3.24. The van der Waals surface area contributed by atoms with Gasteiger partial charge in [0.1, 0.15) is 52.5 Å². The van der Waals surface area contributed by atoms with Crippen LogP contribution in [-0.4, -0.2) is 165 Å². The summed E-state index contributed by atoms with van der Waals surface area (Å²) >= 11 is 0. The summed E-state index contributed by atoms with van der Waals surface area (Å²) in [4.78, 5) is 18.6. The standard InChI is InChI=1S/C46H92N10O9/c1-31-14-17-36(33(3)22-31)40-48-41(37-18-15-32(2)23-34(37)4)50-42(49-40)38-19-16-35(24-39(38)57)64-20-12-10-11-13-21-65-46(58)47-25-54(26-59-5)43-51-44(55(27-60-6)28-61-7)53-45(52-43)56(29-62-8)30-63-9/h31-45,48-53,57H,10-30H2,1-9H3,(H,47,58). The minimum Gasteiger partial charge on any atom is -0.450 e. The summed E-state index contributed by atoms with van der Waals surface area (Å²) in [5.41, 5.74) is 0. The Morgan fingerprint density at radius 1 is 0.538 bits per heavy atom. The van der Waals surface area contributed by atoms with Crippen LogP contribution in [0.1, 0.15) is 111 Å². The zero-order chi connectivity index (χ0) is 46.7. The van der Waals surface area contributed by atoms with Gasteiger partial charge in [-0.05, 0) is 99.7 Å². The Morgan fingerprint density at radius 3 is 1.43 bits per heavy atom. The Bertz CT molecular complexity index is 1250. The van der Waals surface area contributed by atoms with Gasteiger partial charge in [-0.25, -0.2) is 19.5 Å². The van der Waals surface area contributed by atoms with Gasteiger partial charge in [0.15, 0.2) is 0 Å². The summed E-state index contributed by atoms with van der Waals surface area (Å²) in [5, 5.41) is 37.2. The summed E-state index contributed by atoms with van der Waals surface area (Å²) in [6, 6.07) is 0. The van der Waals surface area contributed by atoms with Gasteiger partial charge in [-0.3, -0.25) is 31.9 Å². The molecule has 0 aromatic carbocycles. The molecule has 2 saturated heterocycles. The number of aliphatic hydroxyl groups is 1. The first-order valence-electron chi connectivity index (χ1n) is 24.9. The fourth-order valence-electron chi connectivity index (χ4n) is 11.3. The number of alkyl carbamates (subject to hydrolysis) is 1. The molecule has 8 N–H and O–H groups in total. The molecule has 13 unspecified atom stereocenters. The van der Waals surface area contributed by atoms with Crippen LogP contribution in [0.2, 0.25) is 0 Å². The molecular weight excluding hydrogens is 837 g/mol. The van der Waals surface area contributed by atoms with E-state index < -0.39 is 18.5 Å². The summed E-state index contributed by atoms with van der Waals surface area (Å²) in [6.07, 6.45) is 12.5. The van der Waals surface area contributed by atoms with E-state index in [4.69, 9.17) is 33.2 Å². The van der Waals surface area contributed by atoms with Gasteiger partial charge in [0.05, 0.1) is 44.0 Å². The molecule has 380 valence electrons. The van der Waals surface area contributed by atoms with E-state index >= 15 is 0 Å². The third-order valence-electron chi connectivity index (χ3n) is 14.7. The highest BCUT2D eigenvalue weighted by atomic mass is 16.5. The van der Waals surface area contributed by atoms with Crippen LogP contribution in [0, 0.1) is 41.4 Å². The summed E-state index contributed by atoms with van der Waals surface area (Å²) < 4.78 is 39.2. The first kappa shape index (κ1) is 54.6. The van der Waals surface area contributed by atoms with Crippen LogP contribution < -0.4 is 37.2 Å². The summed E-state index contributed by atoms with van der Waals surface area (Å²) in [7, 11) is 8.12. The first-order chi connectivity index (χ1) is 31.5. The minimum atomic E-state index is -0.497. The van der Waals surface area contributed by atoms with E-state index in [1.807, 2.05) is 14.7 Å². The Hall–Kier alpha value is -1.37. The highest BCUT2D eigenvalue weighted by molar-refractivity contribution is 5.66. The van der Waals surface area contributed by atoms with Crippen molar-refractivity contribution in [2.45, 2.75) is 161 Å². The summed E-state index contributed by atoms with van der Waals surface area (Å²) in [5.74, 6) is 4.34. The molecule has 19 heteroatoms. The van der Waals surface area contributed by atoms with Crippen molar-refractivity contribution in [2.75, 3.05) is 89.1 Å². The van der Waals surface area contributed by atoms with Gasteiger partial charge < -0.3 is 43.6 Å². The molecule has 0 aromatic heterocycles. The lowest BCUT2D eigenvalue weighted by atomic mass is 9.71. The molecule has 0 aromatic rings. The molecular formula is C46H92N10O9. The Balaban J connectivity index is 1.00. The molecule has 1 amide bonds. The van der Waals surface area contributed by atoms with E-state index in [9.17, 15) is 9.90 Å². The van der Waals surface area contributed by atoms with Crippen LogP contribution in [0.5, 0.6) is 0 Å². The molecule has 2 aliphatic heterocycles. The highest BCUT2D eigenvalue weighted by Crippen LogP contribution is 2.40. The third-order valence-corrected chi connectivity index (χ3v) is 14.7. The van der Waals surface area contributed by atoms with E-state index in [0.717, 1.165) is 50.4 Å². The number of ether oxygens (including phenoxy) is 7. The number of rotatable bonds is 26. The summed E-state index contributed by atoms with van der Waals surface area (Å²) in [6.45, 7) is 12.3. The second kappa shape index (κ2) is 29.0. The molecule has 0 bridgehead atoms. The van der Waals surface area contributed by atoms with Crippen molar-refractivity contribution >= 4 is 6.09 Å². The van der Waals surface area contributed by atoms with Crippen molar-refractivity contribution in [3.63, 3.8) is 0 Å². The maximum Gasteiger partial charge on any atom is 0.408 e. The third kappa shape index (κ3) is 16.9. The van der Waals surface area contributed by atoms with E-state index in [1.165, 1.54) is 38.5 Å². The minimum absolute atomic E-state index is 0.0790. The Labute approximate surface area is 391 Å². The molecule has 3 aliphatic carbocycles. The fourth-order valence-corrected chi connectivity index (χ4v) is 11.3. The normalized spacial score (nSPS) is 36.0. The van der Waals surface area contributed by atoms with Crippen molar-refractivity contribution < 1.29 is 43.1 Å². The maximum atomic E-state index is 12.8. The molecule has 0 radical (unpaired) electrons. The van der Waals surface area contributed by atoms with Crippen LogP contribution in [0.4, 0.5) is 4.79 Å². The molecule has 2 heterocycles. The molecule has 5 rings (SSSR count). The lowest BCUT2D eigenvalue weighted by molar-refractivity contribution is -0.137. The topological polar surface area (TPSA) is 196 Å². The van der Waals surface area contributed by atoms with Crippen molar-refractivity contribution in [3.05, 3.63) is 0 Å². The van der Waals surface area contributed by atoms with Gasteiger partial charge in [-0.1, -0.05) is 47.0 Å². The van der Waals surface area contributed by atoms with Gasteiger partial charge in [0, 0.05) is 48.1 Å². The zero-order valence-corrected chi connectivity index (χ0v) is 41.6. The van der Waals surface area contributed by atoms with Gasteiger partial charge >= 0.3 is 6.09 Å². The van der Waals surface area contributed by atoms with Gasteiger partial charge in [-0.2, -0.15) is 0 Å². The van der Waals surface area contributed by atoms with Crippen molar-refractivity contribution in [2.24, 2.45) is 41.4 Å². The number of nitrogens with one attached hydrogen (secondary N) is 7. The zero-order valence-electron chi connectivity index (χ0n) is 41.6. The number of methoxy groups -OCH3 is 5. The van der Waals surface area contributed by atoms with Crippen molar-refractivity contribution in [1.29, 1.82) is 0 Å². The monoisotopic (exact) mass is 929 g/mol.